The van der Waals surface area contributed by atoms with E-state index in [4.69, 9.17) is 9.95 Å². The van der Waals surface area contributed by atoms with Gasteiger partial charge in [0.05, 0.1) is 22.8 Å². The highest BCUT2D eigenvalue weighted by Crippen LogP contribution is 2.43. The van der Waals surface area contributed by atoms with E-state index in [0.717, 1.165) is 22.7 Å². The summed E-state index contributed by atoms with van der Waals surface area (Å²) in [5, 5.41) is 4.82. The smallest absolute Gasteiger partial charge is 0.254 e. The van der Waals surface area contributed by atoms with Gasteiger partial charge in [0.25, 0.3) is 6.73 Å². The lowest BCUT2D eigenvalue weighted by Gasteiger charge is -2.35. The van der Waals surface area contributed by atoms with E-state index in [2.05, 4.69) is 93.1 Å². The second kappa shape index (κ2) is 13.0. The summed E-state index contributed by atoms with van der Waals surface area (Å²) in [7, 11) is 0. The van der Waals surface area contributed by atoms with Gasteiger partial charge < -0.3 is 14.5 Å². The van der Waals surface area contributed by atoms with Crippen molar-refractivity contribution in [3.63, 3.8) is 0 Å². The number of aromatic nitrogens is 3. The third-order valence-corrected chi connectivity index (χ3v) is 7.59. The molecule has 1 atom stereocenters. The molecule has 1 aromatic heterocycles. The van der Waals surface area contributed by atoms with Crippen LogP contribution in [-0.4, -0.2) is 28.1 Å². The monoisotopic (exact) mass is 540 g/mol. The van der Waals surface area contributed by atoms with Crippen LogP contribution in [0.2, 0.25) is 0 Å². The molecule has 40 heavy (non-hydrogen) atoms. The third kappa shape index (κ3) is 6.16. The van der Waals surface area contributed by atoms with E-state index in [9.17, 15) is 0 Å². The highest BCUT2D eigenvalue weighted by Gasteiger charge is 2.36. The van der Waals surface area contributed by atoms with Crippen molar-refractivity contribution in [3.8, 4) is 22.7 Å². The van der Waals surface area contributed by atoms with Crippen molar-refractivity contribution in [2.75, 3.05) is 9.80 Å². The molecule has 6 heteroatoms. The number of anilines is 2. The Bertz CT molecular complexity index is 1340. The number of hydrogen-bond donors (Lipinski definition) is 0. The maximum Gasteiger partial charge on any atom is 0.254 e. The summed E-state index contributed by atoms with van der Waals surface area (Å²) in [6, 6.07) is 27.7. The predicted octanol–water partition coefficient (Wildman–Crippen LogP) is 7.85. The average molecular weight is 541 g/mol. The van der Waals surface area contributed by atoms with E-state index < -0.39 is 0 Å². The van der Waals surface area contributed by atoms with E-state index in [1.807, 2.05) is 45.8 Å². The summed E-state index contributed by atoms with van der Waals surface area (Å²) in [6.45, 7) is 11.6. The zero-order valence-corrected chi connectivity index (χ0v) is 24.0. The van der Waals surface area contributed by atoms with Crippen molar-refractivity contribution in [1.82, 2.24) is 9.90 Å². The zero-order valence-electron chi connectivity index (χ0n) is 24.0. The molecule has 0 N–H and O–H groups in total. The van der Waals surface area contributed by atoms with E-state index in [1.165, 1.54) is 37.1 Å². The fourth-order valence-corrected chi connectivity index (χ4v) is 5.37. The lowest BCUT2D eigenvalue weighted by atomic mass is 10.0. The SMILES string of the molecule is C.C1CCC1.CC(C)N1c2ccc(OC[n+]3nn(-c4ccccc4)cc3-c3ccccc3)cc2N(C(C)C)C1C. The Kier molecular flexibility index (Phi) is 9.51. The molecule has 0 spiro atoms. The summed E-state index contributed by atoms with van der Waals surface area (Å²) in [5.74, 6) is 0.841. The van der Waals surface area contributed by atoms with Crippen molar-refractivity contribution >= 4 is 11.4 Å². The van der Waals surface area contributed by atoms with Gasteiger partial charge in [-0.25, -0.2) is 0 Å². The average Bonchev–Trinajstić information content (AvgIpc) is 3.45. The number of fused-ring (bicyclic) bond motifs is 1. The Balaban J connectivity index is 0.000000680. The van der Waals surface area contributed by atoms with Gasteiger partial charge >= 0.3 is 0 Å². The lowest BCUT2D eigenvalue weighted by Crippen LogP contribution is -2.47. The fourth-order valence-electron chi connectivity index (χ4n) is 5.37. The van der Waals surface area contributed by atoms with Gasteiger partial charge in [-0.05, 0) is 58.9 Å². The second-order valence-electron chi connectivity index (χ2n) is 11.0. The highest BCUT2D eigenvalue weighted by molar-refractivity contribution is 5.79. The number of benzene rings is 3. The van der Waals surface area contributed by atoms with Crippen LogP contribution >= 0.6 is 0 Å². The molecular weight excluding hydrogens is 494 g/mol. The number of para-hydroxylation sites is 1. The van der Waals surface area contributed by atoms with Crippen LogP contribution < -0.4 is 19.2 Å². The minimum absolute atomic E-state index is 0. The Hall–Kier alpha value is -3.80. The Labute approximate surface area is 240 Å². The number of ether oxygens (including phenoxy) is 1. The maximum absolute atomic E-state index is 6.33. The molecule has 1 aliphatic carbocycles. The Morgan fingerprint density at radius 1 is 0.800 bits per heavy atom. The third-order valence-electron chi connectivity index (χ3n) is 7.59. The van der Waals surface area contributed by atoms with E-state index in [0.29, 0.717) is 25.0 Å². The molecule has 1 saturated carbocycles. The molecule has 6 nitrogen and oxygen atoms in total. The quantitative estimate of drug-likeness (QED) is 0.224. The summed E-state index contributed by atoms with van der Waals surface area (Å²) in [6.07, 6.45) is 8.36. The molecule has 0 bridgehead atoms. The number of rotatable bonds is 7. The first-order valence-corrected chi connectivity index (χ1v) is 14.4. The molecule has 0 saturated heterocycles. The van der Waals surface area contributed by atoms with Gasteiger partial charge in [-0.2, -0.15) is 0 Å². The predicted molar refractivity (Wildman–Crippen MR) is 166 cm³/mol. The highest BCUT2D eigenvalue weighted by atomic mass is 16.5. The maximum atomic E-state index is 6.33. The summed E-state index contributed by atoms with van der Waals surface area (Å²) in [4.78, 5) is 4.94. The molecule has 6 rings (SSSR count). The van der Waals surface area contributed by atoms with Crippen LogP contribution in [0.3, 0.4) is 0 Å². The Morgan fingerprint density at radius 3 is 1.95 bits per heavy atom. The summed E-state index contributed by atoms with van der Waals surface area (Å²) < 4.78 is 10.1. The summed E-state index contributed by atoms with van der Waals surface area (Å²) >= 11 is 0. The first-order valence-electron chi connectivity index (χ1n) is 14.4. The van der Waals surface area contributed by atoms with Crippen LogP contribution in [0.1, 0.15) is 67.7 Å². The summed E-state index contributed by atoms with van der Waals surface area (Å²) in [5.41, 5.74) is 5.59. The molecule has 2 aliphatic rings. The largest absolute Gasteiger partial charge is 0.452 e. The topological polar surface area (TPSA) is 37.4 Å². The van der Waals surface area contributed by atoms with Crippen molar-refractivity contribution in [2.45, 2.75) is 92.7 Å². The van der Waals surface area contributed by atoms with Crippen LogP contribution in [0.4, 0.5) is 11.4 Å². The Morgan fingerprint density at radius 2 is 1.38 bits per heavy atom. The molecule has 3 aromatic carbocycles. The standard InChI is InChI=1S/C29H34N5O.C4H8.CH4/c1-21(2)33-23(5)34(22(3)4)28-18-26(16-17-27(28)33)35-20-32-29(24-12-8-6-9-13-24)19-31(30-32)25-14-10-7-11-15-25;1-2-4-3-1;/h6-19,21-23H,20H2,1-5H3;1-4H2;1H4/q+1;;. The van der Waals surface area contributed by atoms with Gasteiger partial charge in [-0.15, -0.1) is 4.68 Å². The van der Waals surface area contributed by atoms with Gasteiger partial charge in [0.15, 0.2) is 11.9 Å². The zero-order chi connectivity index (χ0) is 27.4. The molecule has 212 valence electrons. The minimum atomic E-state index is 0. The molecule has 0 radical (unpaired) electrons. The molecule has 0 amide bonds. The van der Waals surface area contributed by atoms with E-state index in [1.54, 1.807) is 0 Å². The van der Waals surface area contributed by atoms with E-state index >= 15 is 0 Å². The van der Waals surface area contributed by atoms with Gasteiger partial charge in [0.1, 0.15) is 5.75 Å². The van der Waals surface area contributed by atoms with Crippen LogP contribution in [0.25, 0.3) is 16.9 Å². The van der Waals surface area contributed by atoms with Gasteiger partial charge in [0.2, 0.25) is 5.69 Å². The molecule has 2 heterocycles. The molecule has 4 aromatic rings. The van der Waals surface area contributed by atoms with Gasteiger partial charge in [-0.3, -0.25) is 0 Å². The first-order chi connectivity index (χ1) is 18.9. The van der Waals surface area contributed by atoms with Crippen LogP contribution in [-0.2, 0) is 6.73 Å². The molecule has 1 unspecified atom stereocenters. The lowest BCUT2D eigenvalue weighted by molar-refractivity contribution is -0.769. The minimum Gasteiger partial charge on any atom is -0.452 e. The number of hydrogen-bond acceptors (Lipinski definition) is 4. The fraction of sp³-hybridized carbons (Fsp3) is 0.412. The first kappa shape index (κ1) is 29.2. The molecule has 1 aliphatic heterocycles. The van der Waals surface area contributed by atoms with Crippen LogP contribution in [0, 0.1) is 0 Å². The number of nitrogens with zero attached hydrogens (tertiary/aromatic N) is 5. The van der Waals surface area contributed by atoms with Crippen molar-refractivity contribution < 1.29 is 9.42 Å². The van der Waals surface area contributed by atoms with Crippen molar-refractivity contribution in [2.24, 2.45) is 0 Å². The van der Waals surface area contributed by atoms with Gasteiger partial charge in [-0.1, -0.05) is 86.3 Å². The van der Waals surface area contributed by atoms with Crippen LogP contribution in [0.5, 0.6) is 5.75 Å². The van der Waals surface area contributed by atoms with Crippen LogP contribution in [0.15, 0.2) is 85.1 Å². The van der Waals surface area contributed by atoms with Gasteiger partial charge in [0, 0.05) is 23.7 Å². The molecule has 1 fully saturated rings. The van der Waals surface area contributed by atoms with Crippen molar-refractivity contribution in [3.05, 3.63) is 85.1 Å². The normalized spacial score (nSPS) is 15.7. The molecular formula is C34H46N5O+. The second-order valence-corrected chi connectivity index (χ2v) is 11.0. The van der Waals surface area contributed by atoms with E-state index in [-0.39, 0.29) is 7.43 Å². The van der Waals surface area contributed by atoms with Crippen molar-refractivity contribution in [1.29, 1.82) is 0 Å².